The summed E-state index contributed by atoms with van der Waals surface area (Å²) in [7, 11) is 4.25. The number of anilines is 1. The average Bonchev–Trinajstić information content (AvgIpc) is 2.39. The van der Waals surface area contributed by atoms with Crippen molar-refractivity contribution < 1.29 is 0 Å². The number of nitrogens with two attached hydrogens (primary N) is 1. The number of likely N-dealkylation sites (N-methyl/N-ethyl adjacent to an activating group) is 1. The molecule has 2 N–H and O–H groups in total. The fourth-order valence-corrected chi connectivity index (χ4v) is 2.82. The van der Waals surface area contributed by atoms with Crippen LogP contribution < -0.4 is 10.6 Å². The van der Waals surface area contributed by atoms with Crippen molar-refractivity contribution in [2.75, 3.05) is 38.6 Å². The summed E-state index contributed by atoms with van der Waals surface area (Å²) < 4.78 is 0. The van der Waals surface area contributed by atoms with Gasteiger partial charge in [0.15, 0.2) is 0 Å². The Labute approximate surface area is 115 Å². The van der Waals surface area contributed by atoms with Crippen LogP contribution in [0.2, 0.25) is 5.02 Å². The van der Waals surface area contributed by atoms with Crippen LogP contribution in [0.3, 0.4) is 0 Å². The first-order valence-corrected chi connectivity index (χ1v) is 6.83. The molecule has 1 heterocycles. The van der Waals surface area contributed by atoms with Crippen molar-refractivity contribution in [2.24, 2.45) is 5.73 Å². The Morgan fingerprint density at radius 1 is 1.33 bits per heavy atom. The smallest absolute Gasteiger partial charge is 0.0501 e. The standard InChI is InChI=1S/C14H22ClN3/c1-17(2)14(10-16)8-3-9-18(11-14)13-6-4-12(15)5-7-13/h4-7H,3,8-11,16H2,1-2H3. The van der Waals surface area contributed by atoms with Crippen molar-refractivity contribution in [3.8, 4) is 0 Å². The fraction of sp³-hybridized carbons (Fsp3) is 0.571. The van der Waals surface area contributed by atoms with Crippen LogP contribution >= 0.6 is 11.6 Å². The van der Waals surface area contributed by atoms with Crippen LogP contribution in [0.15, 0.2) is 24.3 Å². The molecule has 4 heteroatoms. The van der Waals surface area contributed by atoms with Crippen molar-refractivity contribution >= 4 is 17.3 Å². The molecule has 3 nitrogen and oxygen atoms in total. The molecule has 1 aliphatic heterocycles. The third kappa shape index (κ3) is 2.63. The van der Waals surface area contributed by atoms with Crippen molar-refractivity contribution in [3.63, 3.8) is 0 Å². The molecule has 1 atom stereocenters. The van der Waals surface area contributed by atoms with E-state index in [0.717, 1.165) is 18.1 Å². The van der Waals surface area contributed by atoms with Gasteiger partial charge < -0.3 is 15.5 Å². The van der Waals surface area contributed by atoms with Crippen molar-refractivity contribution in [1.82, 2.24) is 4.90 Å². The van der Waals surface area contributed by atoms with Crippen molar-refractivity contribution in [3.05, 3.63) is 29.3 Å². The number of halogens is 1. The number of rotatable bonds is 3. The molecule has 1 aromatic carbocycles. The summed E-state index contributed by atoms with van der Waals surface area (Å²) in [5, 5.41) is 0.786. The van der Waals surface area contributed by atoms with Crippen LogP contribution in [-0.4, -0.2) is 44.2 Å². The van der Waals surface area contributed by atoms with Gasteiger partial charge in [0.05, 0.1) is 5.54 Å². The van der Waals surface area contributed by atoms with E-state index in [9.17, 15) is 0 Å². The summed E-state index contributed by atoms with van der Waals surface area (Å²) in [6.07, 6.45) is 2.35. The SMILES string of the molecule is CN(C)C1(CN)CCCN(c2ccc(Cl)cc2)C1. The summed E-state index contributed by atoms with van der Waals surface area (Å²) in [4.78, 5) is 4.68. The summed E-state index contributed by atoms with van der Waals surface area (Å²) in [6.45, 7) is 2.78. The van der Waals surface area contributed by atoms with Gasteiger partial charge in [0.2, 0.25) is 0 Å². The second-order valence-electron chi connectivity index (χ2n) is 5.32. The highest BCUT2D eigenvalue weighted by molar-refractivity contribution is 6.30. The third-order valence-corrected chi connectivity index (χ3v) is 4.33. The minimum absolute atomic E-state index is 0.0951. The molecule has 100 valence electrons. The monoisotopic (exact) mass is 267 g/mol. The lowest BCUT2D eigenvalue weighted by Crippen LogP contribution is -2.60. The molecule has 18 heavy (non-hydrogen) atoms. The molecule has 0 aliphatic carbocycles. The quantitative estimate of drug-likeness (QED) is 0.911. The van der Waals surface area contributed by atoms with Crippen LogP contribution in [-0.2, 0) is 0 Å². The maximum Gasteiger partial charge on any atom is 0.0501 e. The molecule has 1 unspecified atom stereocenters. The van der Waals surface area contributed by atoms with Gasteiger partial charge in [-0.25, -0.2) is 0 Å². The van der Waals surface area contributed by atoms with Crippen LogP contribution in [0.4, 0.5) is 5.69 Å². The summed E-state index contributed by atoms with van der Waals surface area (Å²) >= 11 is 5.94. The Morgan fingerprint density at radius 2 is 2.00 bits per heavy atom. The van der Waals surface area contributed by atoms with E-state index in [0.29, 0.717) is 6.54 Å². The highest BCUT2D eigenvalue weighted by Gasteiger charge is 2.36. The summed E-state index contributed by atoms with van der Waals surface area (Å²) in [6, 6.07) is 8.08. The second-order valence-corrected chi connectivity index (χ2v) is 5.76. The Kier molecular flexibility index (Phi) is 4.15. The largest absolute Gasteiger partial charge is 0.370 e. The van der Waals surface area contributed by atoms with Gasteiger partial charge in [0.25, 0.3) is 0 Å². The predicted molar refractivity (Wildman–Crippen MR) is 78.4 cm³/mol. The predicted octanol–water partition coefficient (Wildman–Crippen LogP) is 2.20. The third-order valence-electron chi connectivity index (χ3n) is 4.08. The lowest BCUT2D eigenvalue weighted by atomic mass is 9.87. The Balaban J connectivity index is 2.18. The van der Waals surface area contributed by atoms with E-state index in [1.807, 2.05) is 12.1 Å². The zero-order chi connectivity index (χ0) is 13.2. The van der Waals surface area contributed by atoms with E-state index < -0.39 is 0 Å². The van der Waals surface area contributed by atoms with Gasteiger partial charge in [-0.3, -0.25) is 0 Å². The van der Waals surface area contributed by atoms with E-state index in [2.05, 4.69) is 36.0 Å². The average molecular weight is 268 g/mol. The molecule has 0 bridgehead atoms. The highest BCUT2D eigenvalue weighted by atomic mass is 35.5. The first-order valence-electron chi connectivity index (χ1n) is 6.45. The maximum atomic E-state index is 6.01. The molecule has 1 aliphatic rings. The molecule has 1 saturated heterocycles. The lowest BCUT2D eigenvalue weighted by Gasteiger charge is -2.47. The minimum atomic E-state index is 0.0951. The first kappa shape index (κ1) is 13.7. The van der Waals surface area contributed by atoms with Gasteiger partial charge in [-0.1, -0.05) is 11.6 Å². The van der Waals surface area contributed by atoms with Gasteiger partial charge in [0, 0.05) is 30.3 Å². The first-order chi connectivity index (χ1) is 8.57. The zero-order valence-corrected chi connectivity index (χ0v) is 12.0. The summed E-state index contributed by atoms with van der Waals surface area (Å²) in [5.41, 5.74) is 7.34. The van der Waals surface area contributed by atoms with Crippen LogP contribution in [0.5, 0.6) is 0 Å². The van der Waals surface area contributed by atoms with Gasteiger partial charge in [-0.05, 0) is 51.2 Å². The number of hydrogen-bond donors (Lipinski definition) is 1. The highest BCUT2D eigenvalue weighted by Crippen LogP contribution is 2.29. The van der Waals surface area contributed by atoms with Gasteiger partial charge in [-0.2, -0.15) is 0 Å². The fourth-order valence-electron chi connectivity index (χ4n) is 2.70. The van der Waals surface area contributed by atoms with E-state index >= 15 is 0 Å². The molecule has 0 saturated carbocycles. The number of nitrogens with zero attached hydrogens (tertiary/aromatic N) is 2. The van der Waals surface area contributed by atoms with E-state index in [4.69, 9.17) is 17.3 Å². The van der Waals surface area contributed by atoms with Gasteiger partial charge in [-0.15, -0.1) is 0 Å². The van der Waals surface area contributed by atoms with Crippen LogP contribution in [0.1, 0.15) is 12.8 Å². The van der Waals surface area contributed by atoms with E-state index in [-0.39, 0.29) is 5.54 Å². The zero-order valence-electron chi connectivity index (χ0n) is 11.2. The van der Waals surface area contributed by atoms with E-state index in [1.165, 1.54) is 18.5 Å². The molecule has 0 radical (unpaired) electrons. The van der Waals surface area contributed by atoms with Crippen molar-refractivity contribution in [2.45, 2.75) is 18.4 Å². The number of hydrogen-bond acceptors (Lipinski definition) is 3. The van der Waals surface area contributed by atoms with E-state index in [1.54, 1.807) is 0 Å². The Morgan fingerprint density at radius 3 is 2.56 bits per heavy atom. The molecular formula is C14H22ClN3. The molecular weight excluding hydrogens is 246 g/mol. The van der Waals surface area contributed by atoms with Gasteiger partial charge in [0.1, 0.15) is 0 Å². The minimum Gasteiger partial charge on any atom is -0.370 e. The Bertz CT molecular complexity index is 391. The van der Waals surface area contributed by atoms with Gasteiger partial charge >= 0.3 is 0 Å². The second kappa shape index (κ2) is 5.47. The van der Waals surface area contributed by atoms with Crippen LogP contribution in [0, 0.1) is 0 Å². The molecule has 2 rings (SSSR count). The number of piperidine rings is 1. The molecule has 0 aromatic heterocycles. The maximum absolute atomic E-state index is 6.01. The lowest BCUT2D eigenvalue weighted by molar-refractivity contribution is 0.135. The summed E-state index contributed by atoms with van der Waals surface area (Å²) in [5.74, 6) is 0. The topological polar surface area (TPSA) is 32.5 Å². The van der Waals surface area contributed by atoms with Crippen molar-refractivity contribution in [1.29, 1.82) is 0 Å². The molecule has 1 aromatic rings. The molecule has 0 amide bonds. The normalized spacial score (nSPS) is 24.6. The molecule has 0 spiro atoms. The molecule has 1 fully saturated rings. The Hall–Kier alpha value is -0.770. The number of benzene rings is 1. The van der Waals surface area contributed by atoms with Crippen LogP contribution in [0.25, 0.3) is 0 Å².